The van der Waals surface area contributed by atoms with Crippen LogP contribution < -0.4 is 0 Å². The molecule has 0 aromatic heterocycles. The first-order valence-electron chi connectivity index (χ1n) is 4.22. The van der Waals surface area contributed by atoms with Gasteiger partial charge in [0.1, 0.15) is 0 Å². The Balaban J connectivity index is -0.0000000501. The minimum absolute atomic E-state index is 0. The number of aliphatic hydroxyl groups is 2. The second-order valence-electron chi connectivity index (χ2n) is 2.42. The van der Waals surface area contributed by atoms with Crippen molar-refractivity contribution in [3.05, 3.63) is 19.4 Å². The number of hydrogen-bond donors (Lipinski definition) is 2. The summed E-state index contributed by atoms with van der Waals surface area (Å²) in [5.41, 5.74) is 0. The first-order chi connectivity index (χ1) is 5.60. The first kappa shape index (κ1) is 23.4. The van der Waals surface area contributed by atoms with E-state index in [1.54, 1.807) is 6.92 Å². The van der Waals surface area contributed by atoms with Gasteiger partial charge >= 0.3 is 19.5 Å². The molecular weight excluding hydrogens is 255 g/mol. The van der Waals surface area contributed by atoms with Gasteiger partial charge in [0.25, 0.3) is 0 Å². The molecule has 0 aliphatic carbocycles. The summed E-state index contributed by atoms with van der Waals surface area (Å²) >= 11 is 0. The molecule has 84 valence electrons. The summed E-state index contributed by atoms with van der Waals surface area (Å²) in [5, 5.41) is 16.3. The Morgan fingerprint density at radius 1 is 1.15 bits per heavy atom. The van der Waals surface area contributed by atoms with Gasteiger partial charge in [-0.2, -0.15) is 27.7 Å². The Bertz CT molecular complexity index is 48.2. The monoisotopic (exact) mass is 278 g/mol. The fourth-order valence-corrected chi connectivity index (χ4v) is 0.153. The van der Waals surface area contributed by atoms with Gasteiger partial charge in [0, 0.05) is 6.42 Å². The van der Waals surface area contributed by atoms with Crippen molar-refractivity contribution in [2.24, 2.45) is 0 Å². The van der Waals surface area contributed by atoms with E-state index in [1.165, 1.54) is 0 Å². The predicted molar refractivity (Wildman–Crippen MR) is 53.8 cm³/mol. The first-order valence-corrected chi connectivity index (χ1v) is 4.22. The van der Waals surface area contributed by atoms with Crippen LogP contribution in [0.4, 0.5) is 0 Å². The largest absolute Gasteiger partial charge is 2.00 e. The minimum Gasteiger partial charge on any atom is -0.393 e. The van der Waals surface area contributed by atoms with Gasteiger partial charge in [0.05, 0.1) is 12.7 Å². The van der Waals surface area contributed by atoms with E-state index in [1.807, 2.05) is 40.5 Å². The van der Waals surface area contributed by atoms with E-state index < -0.39 is 6.10 Å². The van der Waals surface area contributed by atoms with E-state index >= 15 is 0 Å². The molecule has 2 N–H and O–H groups in total. The van der Waals surface area contributed by atoms with Gasteiger partial charge in [-0.3, -0.25) is 0 Å². The molecule has 2 radical (unpaired) electrons. The van der Waals surface area contributed by atoms with Crippen molar-refractivity contribution < 1.29 is 29.7 Å². The maximum Gasteiger partial charge on any atom is 2.00 e. The Labute approximate surface area is 96.5 Å². The molecule has 3 heteroatoms. The summed E-state index contributed by atoms with van der Waals surface area (Å²) in [5.74, 6) is 0. The van der Waals surface area contributed by atoms with E-state index in [2.05, 4.69) is 0 Å². The second-order valence-corrected chi connectivity index (χ2v) is 2.42. The third kappa shape index (κ3) is 111. The third-order valence-electron chi connectivity index (χ3n) is 0.447. The zero-order valence-corrected chi connectivity index (χ0v) is 10.9. The molecule has 0 amide bonds. The van der Waals surface area contributed by atoms with Crippen molar-refractivity contribution in [3.8, 4) is 0 Å². The van der Waals surface area contributed by atoms with E-state index in [4.69, 9.17) is 10.2 Å². The van der Waals surface area contributed by atoms with E-state index in [9.17, 15) is 0 Å². The van der Waals surface area contributed by atoms with Crippen LogP contribution in [-0.2, 0) is 19.5 Å². The van der Waals surface area contributed by atoms with Crippen molar-refractivity contribution in [3.63, 3.8) is 0 Å². The number of hydrogen-bond acceptors (Lipinski definition) is 2. The molecule has 0 aliphatic heterocycles. The summed E-state index contributed by atoms with van der Waals surface area (Å²) in [6.07, 6.45) is 3.95. The van der Waals surface area contributed by atoms with Gasteiger partial charge in [-0.1, -0.05) is 0 Å². The van der Waals surface area contributed by atoms with E-state index in [0.717, 1.165) is 6.61 Å². The summed E-state index contributed by atoms with van der Waals surface area (Å²) in [6.45, 7) is 10.6. The molecule has 0 fully saturated rings. The minimum atomic E-state index is -0.407. The Morgan fingerprint density at radius 3 is 1.38 bits per heavy atom. The van der Waals surface area contributed by atoms with Gasteiger partial charge in [0.15, 0.2) is 0 Å². The topological polar surface area (TPSA) is 40.5 Å². The molecule has 0 saturated carbocycles. The van der Waals surface area contributed by atoms with Crippen molar-refractivity contribution in [2.75, 3.05) is 0 Å². The molecule has 0 heterocycles. The zero-order chi connectivity index (χ0) is 10.4. The summed E-state index contributed by atoms with van der Waals surface area (Å²) in [4.78, 5) is 0. The molecule has 0 aliphatic rings. The van der Waals surface area contributed by atoms with Crippen LogP contribution in [-0.4, -0.2) is 16.3 Å². The van der Waals surface area contributed by atoms with Crippen LogP contribution in [0.25, 0.3) is 0 Å². The van der Waals surface area contributed by atoms with Crippen LogP contribution in [0.15, 0.2) is 0 Å². The van der Waals surface area contributed by atoms with Crippen LogP contribution in [0.2, 0.25) is 0 Å². The Hall–Kier alpha value is 0.543. The molecule has 1 atom stereocenters. The number of rotatable bonds is 2. The predicted octanol–water partition coefficient (Wildman–Crippen LogP) is 2.75. The van der Waals surface area contributed by atoms with Gasteiger partial charge in [-0.15, -0.1) is 0 Å². The molecule has 13 heavy (non-hydrogen) atoms. The fraction of sp³-hybridized carbons (Fsp3) is 0.700. The Kier molecular flexibility index (Phi) is 52.9. The van der Waals surface area contributed by atoms with Crippen LogP contribution in [0.5, 0.6) is 0 Å². The summed E-state index contributed by atoms with van der Waals surface area (Å²) in [7, 11) is 0. The van der Waals surface area contributed by atoms with Gasteiger partial charge in [-0.05, 0) is 6.92 Å². The standard InChI is InChI=1S/C4H9O2.2C3H7.Rh/c1-4(6)2-3-5;2*1-3-2;/h3-6H,2H2,1H3;2*3H,1-2H3;/q;2*-1;+2. The van der Waals surface area contributed by atoms with Crippen LogP contribution >= 0.6 is 0 Å². The third-order valence-corrected chi connectivity index (χ3v) is 0.447. The molecule has 0 aromatic rings. The smallest absolute Gasteiger partial charge is 0.393 e. The zero-order valence-electron chi connectivity index (χ0n) is 9.24. The number of aliphatic hydroxyl groups excluding tert-OH is 2. The maximum atomic E-state index is 8.36. The van der Waals surface area contributed by atoms with E-state index in [0.29, 0.717) is 6.42 Å². The fourth-order valence-electron chi connectivity index (χ4n) is 0.153. The molecule has 1 unspecified atom stereocenters. The van der Waals surface area contributed by atoms with E-state index in [-0.39, 0.29) is 19.5 Å². The molecule has 0 aromatic carbocycles. The van der Waals surface area contributed by atoms with Gasteiger partial charge in [0.2, 0.25) is 0 Å². The molecule has 2 nitrogen and oxygen atoms in total. The second kappa shape index (κ2) is 29.4. The molecule has 0 saturated heterocycles. The summed E-state index contributed by atoms with van der Waals surface area (Å²) < 4.78 is 0. The average Bonchev–Trinajstić information content (AvgIpc) is 1.89. The quantitative estimate of drug-likeness (QED) is 0.602. The molecule has 0 spiro atoms. The SMILES string of the molecule is CC(O)C[CH]O.C[CH-]C.C[CH-]C.[Rh+2]. The average molecular weight is 278 g/mol. The maximum absolute atomic E-state index is 8.36. The van der Waals surface area contributed by atoms with Crippen LogP contribution in [0.1, 0.15) is 41.0 Å². The molecule has 0 rings (SSSR count). The van der Waals surface area contributed by atoms with Crippen molar-refractivity contribution in [2.45, 2.75) is 47.1 Å². The van der Waals surface area contributed by atoms with Crippen molar-refractivity contribution in [1.82, 2.24) is 0 Å². The van der Waals surface area contributed by atoms with Crippen LogP contribution in [0, 0.1) is 19.4 Å². The molecular formula is C10H23O2Rh. The Morgan fingerprint density at radius 2 is 1.38 bits per heavy atom. The molecule has 0 bridgehead atoms. The normalized spacial score (nSPS) is 9.46. The van der Waals surface area contributed by atoms with Crippen LogP contribution in [0.3, 0.4) is 0 Å². The van der Waals surface area contributed by atoms with Crippen molar-refractivity contribution >= 4 is 0 Å². The van der Waals surface area contributed by atoms with Gasteiger partial charge < -0.3 is 23.1 Å². The summed E-state index contributed by atoms with van der Waals surface area (Å²) in [6, 6.07) is 0. The van der Waals surface area contributed by atoms with Gasteiger partial charge in [-0.25, -0.2) is 0 Å². The van der Waals surface area contributed by atoms with Crippen molar-refractivity contribution in [1.29, 1.82) is 0 Å².